The average Bonchev–Trinajstić information content (AvgIpc) is 3.38. The van der Waals surface area contributed by atoms with E-state index in [4.69, 9.17) is 9.47 Å². The van der Waals surface area contributed by atoms with Crippen LogP contribution < -0.4 is 5.32 Å². The highest BCUT2D eigenvalue weighted by Gasteiger charge is 2.19. The summed E-state index contributed by atoms with van der Waals surface area (Å²) in [6.45, 7) is 6.78. The number of methoxy groups -OCH3 is 2. The summed E-state index contributed by atoms with van der Waals surface area (Å²) in [7, 11) is 2.47. The maximum absolute atomic E-state index is 12.6. The van der Waals surface area contributed by atoms with Crippen LogP contribution in [0, 0.1) is 13.8 Å². The zero-order valence-electron chi connectivity index (χ0n) is 18.9. The summed E-state index contributed by atoms with van der Waals surface area (Å²) in [6.07, 6.45) is 0. The van der Waals surface area contributed by atoms with Crippen LogP contribution in [-0.4, -0.2) is 52.6 Å². The fourth-order valence-corrected chi connectivity index (χ4v) is 4.78. The first-order valence-electron chi connectivity index (χ1n) is 10.0. The van der Waals surface area contributed by atoms with E-state index in [2.05, 4.69) is 34.7 Å². The molecule has 33 heavy (non-hydrogen) atoms. The van der Waals surface area contributed by atoms with Gasteiger partial charge < -0.3 is 19.4 Å². The molecule has 0 atom stereocenters. The molecule has 11 heteroatoms. The predicted octanol–water partition coefficient (Wildman–Crippen LogP) is 3.95. The normalized spacial score (nSPS) is 10.7. The average molecular weight is 489 g/mol. The van der Waals surface area contributed by atoms with E-state index in [9.17, 15) is 14.4 Å². The molecule has 0 spiro atoms. The number of aromatic nitrogens is 3. The van der Waals surface area contributed by atoms with Gasteiger partial charge in [-0.15, -0.1) is 21.5 Å². The van der Waals surface area contributed by atoms with E-state index in [1.165, 1.54) is 54.6 Å². The van der Waals surface area contributed by atoms with E-state index in [-0.39, 0.29) is 28.5 Å². The van der Waals surface area contributed by atoms with E-state index < -0.39 is 11.9 Å². The minimum absolute atomic E-state index is 0.0653. The van der Waals surface area contributed by atoms with Gasteiger partial charge in [0.1, 0.15) is 0 Å². The lowest BCUT2D eigenvalue weighted by Crippen LogP contribution is -2.16. The zero-order chi connectivity index (χ0) is 24.1. The number of hydrogen-bond acceptors (Lipinski definition) is 9. The summed E-state index contributed by atoms with van der Waals surface area (Å²) < 4.78 is 11.4. The molecule has 0 aliphatic rings. The summed E-state index contributed by atoms with van der Waals surface area (Å²) >= 11 is 2.92. The fraction of sp³-hybridized carbons (Fsp3) is 0.318. The molecule has 0 radical (unpaired) electrons. The third-order valence-electron chi connectivity index (χ3n) is 4.95. The van der Waals surface area contributed by atoms with Crippen LogP contribution in [0.4, 0.5) is 5.69 Å². The first kappa shape index (κ1) is 24.5. The van der Waals surface area contributed by atoms with E-state index in [1.807, 2.05) is 11.5 Å². The molecule has 0 fully saturated rings. The minimum atomic E-state index is -0.631. The van der Waals surface area contributed by atoms with Crippen LogP contribution in [0.25, 0.3) is 11.4 Å². The number of rotatable bonds is 8. The van der Waals surface area contributed by atoms with Crippen molar-refractivity contribution in [1.29, 1.82) is 0 Å². The third-order valence-corrected chi connectivity index (χ3v) is 6.93. The molecule has 0 aliphatic carbocycles. The second-order valence-electron chi connectivity index (χ2n) is 7.00. The van der Waals surface area contributed by atoms with Gasteiger partial charge in [-0.25, -0.2) is 9.59 Å². The van der Waals surface area contributed by atoms with Gasteiger partial charge in [0, 0.05) is 28.1 Å². The molecule has 0 bridgehead atoms. The number of anilines is 1. The molecule has 0 unspecified atom stereocenters. The third kappa shape index (κ3) is 5.42. The summed E-state index contributed by atoms with van der Waals surface area (Å²) in [6, 6.07) is 4.23. The van der Waals surface area contributed by atoms with Crippen LogP contribution in [-0.2, 0) is 20.8 Å². The van der Waals surface area contributed by atoms with E-state index in [0.29, 0.717) is 11.7 Å². The molecule has 0 saturated heterocycles. The Morgan fingerprint density at radius 3 is 2.21 bits per heavy atom. The highest BCUT2D eigenvalue weighted by molar-refractivity contribution is 7.99. The van der Waals surface area contributed by atoms with Gasteiger partial charge in [0.2, 0.25) is 5.91 Å². The van der Waals surface area contributed by atoms with Gasteiger partial charge in [-0.1, -0.05) is 11.8 Å². The van der Waals surface area contributed by atoms with E-state index >= 15 is 0 Å². The standard InChI is InChI=1S/C22H24N4O5S2/c1-6-26-19(17-10-32-13(3)12(17)2)24-25-22(26)33-11-18(27)23-16-8-14(20(28)30-4)7-15(9-16)21(29)31-5/h7-10H,6,11H2,1-5H3,(H,23,27). The van der Waals surface area contributed by atoms with Crippen LogP contribution in [0.15, 0.2) is 28.7 Å². The molecule has 9 nitrogen and oxygen atoms in total. The van der Waals surface area contributed by atoms with Crippen molar-refractivity contribution in [3.05, 3.63) is 45.1 Å². The highest BCUT2D eigenvalue weighted by atomic mass is 32.2. The van der Waals surface area contributed by atoms with Gasteiger partial charge in [0.25, 0.3) is 0 Å². The molecule has 2 heterocycles. The Kier molecular flexibility index (Phi) is 7.88. The Bertz CT molecular complexity index is 1170. The van der Waals surface area contributed by atoms with Gasteiger partial charge in [-0.05, 0) is 44.5 Å². The molecule has 0 aliphatic heterocycles. The molecular formula is C22H24N4O5S2. The highest BCUT2D eigenvalue weighted by Crippen LogP contribution is 2.31. The Morgan fingerprint density at radius 2 is 1.70 bits per heavy atom. The summed E-state index contributed by atoms with van der Waals surface area (Å²) in [5, 5.41) is 14.0. The number of aryl methyl sites for hydroxylation is 1. The zero-order valence-corrected chi connectivity index (χ0v) is 20.6. The molecule has 2 aromatic heterocycles. The van der Waals surface area contributed by atoms with Crippen LogP contribution in [0.3, 0.4) is 0 Å². The molecular weight excluding hydrogens is 464 g/mol. The van der Waals surface area contributed by atoms with Crippen molar-refractivity contribution in [3.8, 4) is 11.4 Å². The summed E-state index contributed by atoms with van der Waals surface area (Å²) in [4.78, 5) is 37.7. The van der Waals surface area contributed by atoms with Crippen LogP contribution >= 0.6 is 23.1 Å². The SMILES string of the molecule is CCn1c(SCC(=O)Nc2cc(C(=O)OC)cc(C(=O)OC)c2)nnc1-c1csc(C)c1C. The Balaban J connectivity index is 1.75. The largest absolute Gasteiger partial charge is 0.465 e. The smallest absolute Gasteiger partial charge is 0.337 e. The van der Waals surface area contributed by atoms with Crippen LogP contribution in [0.1, 0.15) is 38.1 Å². The Labute approximate surface area is 199 Å². The van der Waals surface area contributed by atoms with Crippen molar-refractivity contribution in [3.63, 3.8) is 0 Å². The number of thiophene rings is 1. The molecule has 1 N–H and O–H groups in total. The van der Waals surface area contributed by atoms with Crippen molar-refractivity contribution in [2.45, 2.75) is 32.5 Å². The maximum Gasteiger partial charge on any atom is 0.337 e. The first-order chi connectivity index (χ1) is 15.8. The van der Waals surface area contributed by atoms with Gasteiger partial charge in [-0.2, -0.15) is 0 Å². The molecule has 174 valence electrons. The molecule has 3 aromatic rings. The number of nitrogens with one attached hydrogen (secondary N) is 1. The number of esters is 2. The number of hydrogen-bond donors (Lipinski definition) is 1. The van der Waals surface area contributed by atoms with Crippen molar-refractivity contribution in [2.75, 3.05) is 25.3 Å². The van der Waals surface area contributed by atoms with E-state index in [1.54, 1.807) is 11.3 Å². The van der Waals surface area contributed by atoms with Crippen molar-refractivity contribution in [1.82, 2.24) is 14.8 Å². The van der Waals surface area contributed by atoms with Gasteiger partial charge >= 0.3 is 11.9 Å². The second kappa shape index (κ2) is 10.6. The van der Waals surface area contributed by atoms with Gasteiger partial charge in [0.15, 0.2) is 11.0 Å². The molecule has 1 aromatic carbocycles. The van der Waals surface area contributed by atoms with Gasteiger partial charge in [0.05, 0.1) is 31.1 Å². The molecule has 3 rings (SSSR count). The quantitative estimate of drug-likeness (QED) is 0.375. The number of ether oxygens (including phenoxy) is 2. The summed E-state index contributed by atoms with van der Waals surface area (Å²) in [5.41, 5.74) is 2.74. The van der Waals surface area contributed by atoms with Crippen molar-refractivity contribution in [2.24, 2.45) is 0 Å². The minimum Gasteiger partial charge on any atom is -0.465 e. The number of carbonyl (C=O) groups excluding carboxylic acids is 3. The van der Waals surface area contributed by atoms with E-state index in [0.717, 1.165) is 11.4 Å². The monoisotopic (exact) mass is 488 g/mol. The molecule has 0 saturated carbocycles. The van der Waals surface area contributed by atoms with Gasteiger partial charge in [-0.3, -0.25) is 4.79 Å². The fourth-order valence-electron chi connectivity index (χ4n) is 3.11. The topological polar surface area (TPSA) is 112 Å². The number of benzene rings is 1. The van der Waals surface area contributed by atoms with Crippen LogP contribution in [0.2, 0.25) is 0 Å². The lowest BCUT2D eigenvalue weighted by molar-refractivity contribution is -0.113. The van der Waals surface area contributed by atoms with Crippen molar-refractivity contribution < 1.29 is 23.9 Å². The summed E-state index contributed by atoms with van der Waals surface area (Å²) in [5.74, 6) is -0.750. The predicted molar refractivity (Wildman–Crippen MR) is 127 cm³/mol. The van der Waals surface area contributed by atoms with Crippen LogP contribution in [0.5, 0.6) is 0 Å². The Hall–Kier alpha value is -3.18. The number of carbonyl (C=O) groups is 3. The lowest BCUT2D eigenvalue weighted by atomic mass is 10.1. The Morgan fingerprint density at radius 1 is 1.06 bits per heavy atom. The number of nitrogens with zero attached hydrogens (tertiary/aromatic N) is 3. The lowest BCUT2D eigenvalue weighted by Gasteiger charge is -2.10. The first-order valence-corrected chi connectivity index (χ1v) is 11.9. The maximum atomic E-state index is 12.6. The number of thioether (sulfide) groups is 1. The van der Waals surface area contributed by atoms with Crippen molar-refractivity contribution >= 4 is 46.6 Å². The molecule has 1 amide bonds. The number of amides is 1. The second-order valence-corrected chi connectivity index (χ2v) is 9.03.